The summed E-state index contributed by atoms with van der Waals surface area (Å²) >= 11 is 4.40. The minimum absolute atomic E-state index is 0.534. The van der Waals surface area contributed by atoms with Crippen LogP contribution in [0.25, 0.3) is 0 Å². The quantitative estimate of drug-likeness (QED) is 0.655. The van der Waals surface area contributed by atoms with E-state index in [2.05, 4.69) is 62.0 Å². The predicted molar refractivity (Wildman–Crippen MR) is 64.6 cm³/mol. The van der Waals surface area contributed by atoms with Crippen molar-refractivity contribution in [3.63, 3.8) is 0 Å². The molecule has 0 aliphatic heterocycles. The Hall–Kier alpha value is -0.950. The van der Waals surface area contributed by atoms with Gasteiger partial charge in [-0.1, -0.05) is 48.1 Å². The van der Waals surface area contributed by atoms with E-state index in [1.807, 2.05) is 0 Å². The van der Waals surface area contributed by atoms with E-state index in [9.17, 15) is 0 Å². The number of hydrogen-bond acceptors (Lipinski definition) is 1. The van der Waals surface area contributed by atoms with Crippen molar-refractivity contribution in [2.45, 2.75) is 19.3 Å². The summed E-state index contributed by atoms with van der Waals surface area (Å²) in [6.07, 6.45) is 5.45. The lowest BCUT2D eigenvalue weighted by molar-refractivity contribution is 0.811. The first kappa shape index (κ1) is 9.60. The topological polar surface area (TPSA) is 0 Å². The van der Waals surface area contributed by atoms with E-state index in [4.69, 9.17) is 0 Å². The monoisotopic (exact) mass is 202 g/mol. The van der Waals surface area contributed by atoms with Crippen molar-refractivity contribution in [2.24, 2.45) is 0 Å². The molecule has 0 heterocycles. The fourth-order valence-electron chi connectivity index (χ4n) is 1.78. The summed E-state index contributed by atoms with van der Waals surface area (Å²) in [5, 5.41) is 0. The molecule has 72 valence electrons. The third-order valence-corrected chi connectivity index (χ3v) is 3.21. The molecule has 0 spiro atoms. The smallest absolute Gasteiger partial charge is 0.00590 e. The molecule has 0 N–H and O–H groups in total. The molecule has 2 rings (SSSR count). The van der Waals surface area contributed by atoms with E-state index in [1.54, 1.807) is 0 Å². The number of rotatable bonds is 1. The average Bonchev–Trinajstić information content (AvgIpc) is 2.23. The number of allylic oxidation sites excluding steroid dienone is 3. The van der Waals surface area contributed by atoms with Crippen LogP contribution in [-0.2, 0) is 0 Å². The standard InChI is InChI=1S/C13H14S/c1-10-9-12(7-8-13(10)14)11-5-3-2-4-6-11/h2-8,12,14H,9H2,1H3. The SMILES string of the molecule is CC1=C(S)C=CC(c2ccccc2)C1. The molecule has 0 aromatic heterocycles. The normalized spacial score (nSPS) is 21.4. The number of benzene rings is 1. The second-order valence-corrected chi connectivity index (χ2v) is 4.23. The van der Waals surface area contributed by atoms with Crippen LogP contribution in [0.5, 0.6) is 0 Å². The van der Waals surface area contributed by atoms with Crippen molar-refractivity contribution in [1.82, 2.24) is 0 Å². The maximum atomic E-state index is 4.40. The zero-order valence-corrected chi connectivity index (χ0v) is 9.17. The summed E-state index contributed by atoms with van der Waals surface area (Å²) in [5.41, 5.74) is 2.77. The van der Waals surface area contributed by atoms with Gasteiger partial charge in [0.05, 0.1) is 0 Å². The molecule has 1 aliphatic carbocycles. The molecule has 0 radical (unpaired) electrons. The van der Waals surface area contributed by atoms with Gasteiger partial charge in [-0.2, -0.15) is 0 Å². The number of thiol groups is 1. The molecule has 1 aliphatic rings. The van der Waals surface area contributed by atoms with Gasteiger partial charge in [0.2, 0.25) is 0 Å². The highest BCUT2D eigenvalue weighted by atomic mass is 32.1. The highest BCUT2D eigenvalue weighted by Gasteiger charge is 2.13. The van der Waals surface area contributed by atoms with Gasteiger partial charge in [-0.15, -0.1) is 12.6 Å². The molecule has 0 saturated heterocycles. The second-order valence-electron chi connectivity index (χ2n) is 3.75. The van der Waals surface area contributed by atoms with Crippen molar-refractivity contribution >= 4 is 12.6 Å². The zero-order chi connectivity index (χ0) is 9.97. The van der Waals surface area contributed by atoms with Crippen LogP contribution >= 0.6 is 12.6 Å². The summed E-state index contributed by atoms with van der Waals surface area (Å²) in [4.78, 5) is 1.12. The molecular weight excluding hydrogens is 188 g/mol. The molecule has 0 nitrogen and oxygen atoms in total. The van der Waals surface area contributed by atoms with Crippen LogP contribution < -0.4 is 0 Å². The minimum atomic E-state index is 0.534. The van der Waals surface area contributed by atoms with Gasteiger partial charge in [-0.05, 0) is 18.9 Å². The van der Waals surface area contributed by atoms with Gasteiger partial charge >= 0.3 is 0 Å². The van der Waals surface area contributed by atoms with Crippen molar-refractivity contribution < 1.29 is 0 Å². The Labute approximate surface area is 90.8 Å². The van der Waals surface area contributed by atoms with Gasteiger partial charge in [0.25, 0.3) is 0 Å². The third kappa shape index (κ3) is 1.93. The van der Waals surface area contributed by atoms with Crippen LogP contribution in [-0.4, -0.2) is 0 Å². The number of hydrogen-bond donors (Lipinski definition) is 1. The van der Waals surface area contributed by atoms with Crippen molar-refractivity contribution in [2.75, 3.05) is 0 Å². The van der Waals surface area contributed by atoms with E-state index < -0.39 is 0 Å². The van der Waals surface area contributed by atoms with Crippen LogP contribution in [0.15, 0.2) is 53.0 Å². The molecule has 0 saturated carbocycles. The minimum Gasteiger partial charge on any atom is -0.143 e. The summed E-state index contributed by atoms with van der Waals surface area (Å²) in [5.74, 6) is 0.534. The van der Waals surface area contributed by atoms with Gasteiger partial charge in [0, 0.05) is 10.8 Å². The van der Waals surface area contributed by atoms with Crippen molar-refractivity contribution in [3.05, 3.63) is 58.5 Å². The first-order valence-electron chi connectivity index (χ1n) is 4.89. The Bertz CT molecular complexity index is 373. The van der Waals surface area contributed by atoms with E-state index in [0.717, 1.165) is 11.3 Å². The summed E-state index contributed by atoms with van der Waals surface area (Å²) < 4.78 is 0. The fourth-order valence-corrected chi connectivity index (χ4v) is 1.96. The van der Waals surface area contributed by atoms with Crippen LogP contribution in [0.1, 0.15) is 24.8 Å². The van der Waals surface area contributed by atoms with Gasteiger partial charge in [-0.3, -0.25) is 0 Å². The Morgan fingerprint density at radius 2 is 1.93 bits per heavy atom. The highest BCUT2D eigenvalue weighted by Crippen LogP contribution is 2.31. The second kappa shape index (κ2) is 4.05. The lowest BCUT2D eigenvalue weighted by Crippen LogP contribution is -2.00. The Morgan fingerprint density at radius 3 is 2.57 bits per heavy atom. The molecule has 1 unspecified atom stereocenters. The van der Waals surface area contributed by atoms with Gasteiger partial charge in [-0.25, -0.2) is 0 Å². The molecule has 1 aromatic carbocycles. The zero-order valence-electron chi connectivity index (χ0n) is 8.27. The Morgan fingerprint density at radius 1 is 1.21 bits per heavy atom. The Kier molecular flexibility index (Phi) is 2.78. The molecular formula is C13H14S. The van der Waals surface area contributed by atoms with E-state index >= 15 is 0 Å². The van der Waals surface area contributed by atoms with E-state index in [0.29, 0.717) is 5.92 Å². The maximum Gasteiger partial charge on any atom is 0.00590 e. The summed E-state index contributed by atoms with van der Waals surface area (Å²) in [6, 6.07) is 10.6. The first-order valence-corrected chi connectivity index (χ1v) is 5.34. The summed E-state index contributed by atoms with van der Waals surface area (Å²) in [6.45, 7) is 2.15. The van der Waals surface area contributed by atoms with E-state index in [1.165, 1.54) is 11.1 Å². The van der Waals surface area contributed by atoms with Crippen LogP contribution in [0, 0.1) is 0 Å². The molecule has 1 heteroatoms. The molecule has 0 amide bonds. The highest BCUT2D eigenvalue weighted by molar-refractivity contribution is 7.84. The van der Waals surface area contributed by atoms with Crippen LogP contribution in [0.4, 0.5) is 0 Å². The third-order valence-electron chi connectivity index (χ3n) is 2.68. The Balaban J connectivity index is 2.22. The largest absolute Gasteiger partial charge is 0.143 e. The molecule has 14 heavy (non-hydrogen) atoms. The van der Waals surface area contributed by atoms with Crippen LogP contribution in [0.2, 0.25) is 0 Å². The lowest BCUT2D eigenvalue weighted by atomic mass is 9.89. The fraction of sp³-hybridized carbons (Fsp3) is 0.231. The lowest BCUT2D eigenvalue weighted by Gasteiger charge is -2.18. The van der Waals surface area contributed by atoms with Gasteiger partial charge in [0.1, 0.15) is 0 Å². The average molecular weight is 202 g/mol. The first-order chi connectivity index (χ1) is 6.77. The molecule has 0 bridgehead atoms. The summed E-state index contributed by atoms with van der Waals surface area (Å²) in [7, 11) is 0. The maximum absolute atomic E-state index is 4.40. The molecule has 1 atom stereocenters. The molecule has 1 aromatic rings. The van der Waals surface area contributed by atoms with Gasteiger partial charge < -0.3 is 0 Å². The van der Waals surface area contributed by atoms with Gasteiger partial charge in [0.15, 0.2) is 0 Å². The van der Waals surface area contributed by atoms with Crippen LogP contribution in [0.3, 0.4) is 0 Å². The predicted octanol–water partition coefficient (Wildman–Crippen LogP) is 3.93. The van der Waals surface area contributed by atoms with Crippen molar-refractivity contribution in [1.29, 1.82) is 0 Å². The van der Waals surface area contributed by atoms with E-state index in [-0.39, 0.29) is 0 Å². The van der Waals surface area contributed by atoms with Crippen molar-refractivity contribution in [3.8, 4) is 0 Å². The molecule has 0 fully saturated rings.